The molecule has 0 aliphatic rings. The van der Waals surface area contributed by atoms with E-state index in [1.165, 1.54) is 6.07 Å². The first-order valence-corrected chi connectivity index (χ1v) is 7.15. The van der Waals surface area contributed by atoms with Gasteiger partial charge >= 0.3 is 0 Å². The third-order valence-corrected chi connectivity index (χ3v) is 3.05. The van der Waals surface area contributed by atoms with Gasteiger partial charge in [0.1, 0.15) is 11.6 Å². The van der Waals surface area contributed by atoms with Crippen molar-refractivity contribution in [2.45, 2.75) is 26.6 Å². The number of hydrogen-bond acceptors (Lipinski definition) is 3. The maximum atomic E-state index is 13.3. The van der Waals surface area contributed by atoms with Gasteiger partial charge in [0.15, 0.2) is 5.96 Å². The topological polar surface area (TPSA) is 69.8 Å². The maximum Gasteiger partial charge on any atom is 0.191 e. The highest BCUT2D eigenvalue weighted by atomic mass is 127. The number of nitrogens with one attached hydrogen (secondary N) is 2. The van der Waals surface area contributed by atoms with Crippen molar-refractivity contribution in [2.24, 2.45) is 4.99 Å². The lowest BCUT2D eigenvalue weighted by Crippen LogP contribution is -2.36. The van der Waals surface area contributed by atoms with E-state index >= 15 is 0 Å². The fourth-order valence-corrected chi connectivity index (χ4v) is 1.94. The first-order chi connectivity index (χ1) is 10.7. The Labute approximate surface area is 152 Å². The van der Waals surface area contributed by atoms with Crippen molar-refractivity contribution in [2.75, 3.05) is 6.54 Å². The number of guanidine groups is 1. The quantitative estimate of drug-likeness (QED) is 0.373. The van der Waals surface area contributed by atoms with Crippen LogP contribution in [0.3, 0.4) is 0 Å². The Morgan fingerprint density at radius 2 is 2.13 bits per heavy atom. The summed E-state index contributed by atoms with van der Waals surface area (Å²) in [4.78, 5) is 4.44. The number of aliphatic imine (C=N–C) groups is 1. The monoisotopic (exact) mass is 433 g/mol. The summed E-state index contributed by atoms with van der Waals surface area (Å²) >= 11 is 0. The van der Waals surface area contributed by atoms with Crippen LogP contribution in [-0.2, 0) is 19.7 Å². The number of nitrogens with zero attached hydrogens (tertiary/aromatic N) is 1. The van der Waals surface area contributed by atoms with Gasteiger partial charge in [-0.15, -0.1) is 24.0 Å². The van der Waals surface area contributed by atoms with Gasteiger partial charge < -0.3 is 20.2 Å². The smallest absolute Gasteiger partial charge is 0.191 e. The number of hydrogen-bond donors (Lipinski definition) is 3. The van der Waals surface area contributed by atoms with Gasteiger partial charge in [-0.2, -0.15) is 0 Å². The minimum absolute atomic E-state index is 0. The predicted molar refractivity (Wildman–Crippen MR) is 98.1 cm³/mol. The van der Waals surface area contributed by atoms with Crippen LogP contribution in [0.5, 0.6) is 0 Å². The molecule has 0 aliphatic carbocycles. The minimum Gasteiger partial charge on any atom is -0.467 e. The van der Waals surface area contributed by atoms with E-state index in [1.807, 2.05) is 19.1 Å². The van der Waals surface area contributed by atoms with Crippen molar-refractivity contribution in [3.8, 4) is 0 Å². The van der Waals surface area contributed by atoms with E-state index in [9.17, 15) is 4.39 Å². The van der Waals surface area contributed by atoms with E-state index in [-0.39, 0.29) is 36.1 Å². The van der Waals surface area contributed by atoms with Crippen LogP contribution in [0.25, 0.3) is 0 Å². The molecule has 0 bridgehead atoms. The summed E-state index contributed by atoms with van der Waals surface area (Å²) in [6.45, 7) is 3.31. The molecule has 0 unspecified atom stereocenters. The first-order valence-electron chi connectivity index (χ1n) is 7.15. The molecule has 126 valence electrons. The van der Waals surface area contributed by atoms with Gasteiger partial charge in [-0.25, -0.2) is 9.38 Å². The number of furan rings is 1. The second-order valence-electron chi connectivity index (χ2n) is 4.71. The lowest BCUT2D eigenvalue weighted by Gasteiger charge is -2.10. The average molecular weight is 433 g/mol. The lowest BCUT2D eigenvalue weighted by atomic mass is 10.1. The molecule has 1 heterocycles. The first kappa shape index (κ1) is 19.4. The second kappa shape index (κ2) is 10.2. The van der Waals surface area contributed by atoms with E-state index in [0.29, 0.717) is 19.0 Å². The Morgan fingerprint density at radius 1 is 1.30 bits per heavy atom. The Morgan fingerprint density at radius 3 is 2.78 bits per heavy atom. The van der Waals surface area contributed by atoms with Crippen molar-refractivity contribution in [3.05, 3.63) is 59.3 Å². The van der Waals surface area contributed by atoms with E-state index in [4.69, 9.17) is 9.52 Å². The zero-order valence-corrected chi connectivity index (χ0v) is 15.2. The summed E-state index contributed by atoms with van der Waals surface area (Å²) < 4.78 is 18.6. The van der Waals surface area contributed by atoms with Crippen LogP contribution in [0.15, 0.2) is 46.0 Å². The Hall–Kier alpha value is -1.61. The van der Waals surface area contributed by atoms with Gasteiger partial charge in [0.25, 0.3) is 0 Å². The zero-order chi connectivity index (χ0) is 15.8. The summed E-state index contributed by atoms with van der Waals surface area (Å²) in [7, 11) is 0. The normalized spacial score (nSPS) is 11.0. The van der Waals surface area contributed by atoms with Crippen molar-refractivity contribution in [1.82, 2.24) is 10.6 Å². The molecule has 1 aromatic carbocycles. The van der Waals surface area contributed by atoms with Crippen LogP contribution in [0.1, 0.15) is 23.8 Å². The molecule has 0 aliphatic heterocycles. The largest absolute Gasteiger partial charge is 0.467 e. The molecule has 0 atom stereocenters. The van der Waals surface area contributed by atoms with Crippen molar-refractivity contribution >= 4 is 29.9 Å². The number of halogens is 2. The molecule has 0 radical (unpaired) electrons. The Kier molecular flexibility index (Phi) is 8.64. The van der Waals surface area contributed by atoms with Crippen LogP contribution in [0, 0.1) is 5.82 Å². The molecule has 2 aromatic rings. The van der Waals surface area contributed by atoms with Crippen molar-refractivity contribution in [3.63, 3.8) is 0 Å². The number of rotatable bonds is 6. The SMILES string of the molecule is CCNC(=NCc1ccc(F)c(CO)c1)NCc1ccco1.I. The predicted octanol–water partition coefficient (Wildman–Crippen LogP) is 2.78. The summed E-state index contributed by atoms with van der Waals surface area (Å²) in [6, 6.07) is 8.34. The highest BCUT2D eigenvalue weighted by Gasteiger charge is 2.03. The van der Waals surface area contributed by atoms with Gasteiger partial charge in [-0.05, 0) is 36.8 Å². The van der Waals surface area contributed by atoms with E-state index < -0.39 is 5.82 Å². The second-order valence-corrected chi connectivity index (χ2v) is 4.71. The molecule has 23 heavy (non-hydrogen) atoms. The molecule has 0 saturated carbocycles. The minimum atomic E-state index is -0.405. The molecule has 2 rings (SSSR count). The Balaban J connectivity index is 0.00000264. The molecule has 1 aromatic heterocycles. The van der Waals surface area contributed by atoms with E-state index in [0.717, 1.165) is 17.9 Å². The standard InChI is InChI=1S/C16H20FN3O2.HI/c1-2-18-16(20-10-14-4-3-7-22-14)19-9-12-5-6-15(17)13(8-12)11-21;/h3-8,21H,2,9-11H2,1H3,(H2,18,19,20);1H. The lowest BCUT2D eigenvalue weighted by molar-refractivity contribution is 0.275. The molecule has 5 nitrogen and oxygen atoms in total. The molecule has 0 saturated heterocycles. The molecular weight excluding hydrogens is 412 g/mol. The summed E-state index contributed by atoms with van der Waals surface area (Å²) in [5.41, 5.74) is 1.11. The highest BCUT2D eigenvalue weighted by Crippen LogP contribution is 2.11. The van der Waals surface area contributed by atoms with E-state index in [1.54, 1.807) is 18.4 Å². The molecular formula is C16H21FIN3O2. The summed E-state index contributed by atoms with van der Waals surface area (Å²) in [5, 5.41) is 15.4. The van der Waals surface area contributed by atoms with Crippen LogP contribution in [-0.4, -0.2) is 17.6 Å². The number of aliphatic hydroxyl groups is 1. The van der Waals surface area contributed by atoms with Crippen LogP contribution in [0.2, 0.25) is 0 Å². The van der Waals surface area contributed by atoms with Crippen LogP contribution >= 0.6 is 24.0 Å². The van der Waals surface area contributed by atoms with Gasteiger partial charge in [0.05, 0.1) is 26.0 Å². The maximum absolute atomic E-state index is 13.3. The third kappa shape index (κ3) is 6.19. The molecule has 0 fully saturated rings. The summed E-state index contributed by atoms with van der Waals surface area (Å²) in [5.74, 6) is 1.06. The molecule has 0 amide bonds. The zero-order valence-electron chi connectivity index (χ0n) is 12.9. The third-order valence-electron chi connectivity index (χ3n) is 3.05. The Bertz CT molecular complexity index is 618. The number of benzene rings is 1. The van der Waals surface area contributed by atoms with Crippen molar-refractivity contribution < 1.29 is 13.9 Å². The highest BCUT2D eigenvalue weighted by molar-refractivity contribution is 14.0. The van der Waals surface area contributed by atoms with Crippen molar-refractivity contribution in [1.29, 1.82) is 0 Å². The van der Waals surface area contributed by atoms with Gasteiger partial charge in [0.2, 0.25) is 0 Å². The number of aliphatic hydroxyl groups excluding tert-OH is 1. The van der Waals surface area contributed by atoms with Gasteiger partial charge in [0, 0.05) is 12.1 Å². The average Bonchev–Trinajstić information content (AvgIpc) is 3.04. The fraction of sp³-hybridized carbons (Fsp3) is 0.312. The molecule has 0 spiro atoms. The van der Waals surface area contributed by atoms with Gasteiger partial charge in [-0.3, -0.25) is 0 Å². The van der Waals surface area contributed by atoms with E-state index in [2.05, 4.69) is 15.6 Å². The van der Waals surface area contributed by atoms with Crippen LogP contribution in [0.4, 0.5) is 4.39 Å². The molecule has 7 heteroatoms. The summed E-state index contributed by atoms with van der Waals surface area (Å²) in [6.07, 6.45) is 1.62. The fourth-order valence-electron chi connectivity index (χ4n) is 1.94. The van der Waals surface area contributed by atoms with Crippen LogP contribution < -0.4 is 10.6 Å². The van der Waals surface area contributed by atoms with Gasteiger partial charge in [-0.1, -0.05) is 6.07 Å². The molecule has 3 N–H and O–H groups in total.